The molecule has 0 aliphatic rings. The molecule has 1 aromatic rings. The summed E-state index contributed by atoms with van der Waals surface area (Å²) < 4.78 is 9.41. The minimum Gasteiger partial charge on any atom is -0.469 e. The predicted octanol–water partition coefficient (Wildman–Crippen LogP) is 1.17. The lowest BCUT2D eigenvalue weighted by Crippen LogP contribution is -2.16. The average molecular weight is 237 g/mol. The molecule has 0 saturated heterocycles. The summed E-state index contributed by atoms with van der Waals surface area (Å²) in [5, 5.41) is 0. The normalized spacial score (nSPS) is 11.7. The van der Waals surface area contributed by atoms with Crippen LogP contribution in [0.15, 0.2) is 24.3 Å². The summed E-state index contributed by atoms with van der Waals surface area (Å²) in [6.07, 6.45) is 0.114. The Balaban J connectivity index is 2.66. The maximum Gasteiger partial charge on any atom is 0.308 e. The number of benzene rings is 1. The molecule has 1 aromatic carbocycles. The van der Waals surface area contributed by atoms with Crippen LogP contribution in [-0.2, 0) is 14.3 Å². The number of esters is 2. The number of methoxy groups -OCH3 is 1. The quantitative estimate of drug-likeness (QED) is 0.628. The zero-order valence-corrected chi connectivity index (χ0v) is 9.80. The van der Waals surface area contributed by atoms with Gasteiger partial charge in [0.25, 0.3) is 0 Å². The van der Waals surface area contributed by atoms with Crippen molar-refractivity contribution in [2.24, 2.45) is 5.73 Å². The molecule has 17 heavy (non-hydrogen) atoms. The lowest BCUT2D eigenvalue weighted by Gasteiger charge is -2.11. The van der Waals surface area contributed by atoms with Crippen LogP contribution in [0.5, 0.6) is 5.75 Å². The van der Waals surface area contributed by atoms with E-state index >= 15 is 0 Å². The monoisotopic (exact) mass is 237 g/mol. The SMILES string of the molecule is COC(=O)C[C@@H](N)c1ccc(OC(C)=O)cc1. The Labute approximate surface area is 99.5 Å². The second-order valence-corrected chi connectivity index (χ2v) is 3.55. The van der Waals surface area contributed by atoms with E-state index in [1.807, 2.05) is 0 Å². The van der Waals surface area contributed by atoms with Gasteiger partial charge in [-0.1, -0.05) is 12.1 Å². The number of carbonyl (C=O) groups excluding carboxylic acids is 2. The molecule has 5 heteroatoms. The van der Waals surface area contributed by atoms with Crippen molar-refractivity contribution in [1.82, 2.24) is 0 Å². The first kappa shape index (κ1) is 13.2. The Bertz CT molecular complexity index is 399. The molecule has 0 fully saturated rings. The average Bonchev–Trinajstić information content (AvgIpc) is 2.28. The molecular formula is C12H15NO4. The molecule has 2 N–H and O–H groups in total. The first-order chi connectivity index (χ1) is 8.02. The third kappa shape index (κ3) is 4.24. The molecule has 0 aliphatic heterocycles. The second kappa shape index (κ2) is 6.00. The predicted molar refractivity (Wildman–Crippen MR) is 61.3 cm³/mol. The van der Waals surface area contributed by atoms with Crippen molar-refractivity contribution < 1.29 is 19.1 Å². The molecule has 0 spiro atoms. The molecule has 0 amide bonds. The van der Waals surface area contributed by atoms with Gasteiger partial charge in [0.15, 0.2) is 0 Å². The molecule has 5 nitrogen and oxygen atoms in total. The van der Waals surface area contributed by atoms with Crippen LogP contribution in [0.4, 0.5) is 0 Å². The number of carbonyl (C=O) groups is 2. The smallest absolute Gasteiger partial charge is 0.308 e. The van der Waals surface area contributed by atoms with Crippen LogP contribution < -0.4 is 10.5 Å². The van der Waals surface area contributed by atoms with Crippen LogP contribution in [0, 0.1) is 0 Å². The maximum atomic E-state index is 11.0. The highest BCUT2D eigenvalue weighted by molar-refractivity contribution is 5.70. The summed E-state index contributed by atoms with van der Waals surface area (Å²) in [6.45, 7) is 1.33. The largest absolute Gasteiger partial charge is 0.469 e. The van der Waals surface area contributed by atoms with Crippen molar-refractivity contribution in [2.45, 2.75) is 19.4 Å². The molecule has 0 aromatic heterocycles. The van der Waals surface area contributed by atoms with Crippen molar-refractivity contribution in [3.63, 3.8) is 0 Å². The van der Waals surface area contributed by atoms with Gasteiger partial charge in [0, 0.05) is 13.0 Å². The highest BCUT2D eigenvalue weighted by Crippen LogP contribution is 2.18. The lowest BCUT2D eigenvalue weighted by molar-refractivity contribution is -0.141. The summed E-state index contributed by atoms with van der Waals surface area (Å²) in [4.78, 5) is 21.7. The fourth-order valence-electron chi connectivity index (χ4n) is 1.33. The first-order valence-corrected chi connectivity index (χ1v) is 5.13. The molecular weight excluding hydrogens is 222 g/mol. The van der Waals surface area contributed by atoms with Crippen molar-refractivity contribution in [1.29, 1.82) is 0 Å². The van der Waals surface area contributed by atoms with E-state index in [0.29, 0.717) is 5.75 Å². The van der Waals surface area contributed by atoms with E-state index in [9.17, 15) is 9.59 Å². The first-order valence-electron chi connectivity index (χ1n) is 5.13. The molecule has 0 bridgehead atoms. The van der Waals surface area contributed by atoms with Crippen molar-refractivity contribution >= 4 is 11.9 Å². The third-order valence-corrected chi connectivity index (χ3v) is 2.18. The molecule has 1 atom stereocenters. The molecule has 92 valence electrons. The molecule has 0 unspecified atom stereocenters. The molecule has 0 aliphatic carbocycles. The molecule has 0 heterocycles. The van der Waals surface area contributed by atoms with Gasteiger partial charge >= 0.3 is 11.9 Å². The van der Waals surface area contributed by atoms with E-state index in [2.05, 4.69) is 4.74 Å². The summed E-state index contributed by atoms with van der Waals surface area (Å²) in [5.74, 6) is -0.287. The van der Waals surface area contributed by atoms with Crippen molar-refractivity contribution in [3.05, 3.63) is 29.8 Å². The number of hydrogen-bond donors (Lipinski definition) is 1. The summed E-state index contributed by atoms with van der Waals surface area (Å²) in [5.41, 5.74) is 6.60. The van der Waals surface area contributed by atoms with Gasteiger partial charge in [0.05, 0.1) is 13.5 Å². The van der Waals surface area contributed by atoms with Crippen LogP contribution in [0.2, 0.25) is 0 Å². The molecule has 1 rings (SSSR count). The van der Waals surface area contributed by atoms with Gasteiger partial charge in [-0.05, 0) is 17.7 Å². The number of nitrogens with two attached hydrogens (primary N) is 1. The van der Waals surface area contributed by atoms with Crippen LogP contribution in [0.3, 0.4) is 0 Å². The number of ether oxygens (including phenoxy) is 2. The van der Waals surface area contributed by atoms with Crippen molar-refractivity contribution in [2.75, 3.05) is 7.11 Å². The summed E-state index contributed by atoms with van der Waals surface area (Å²) >= 11 is 0. The van der Waals surface area contributed by atoms with E-state index in [1.165, 1.54) is 14.0 Å². The summed E-state index contributed by atoms with van der Waals surface area (Å²) in [7, 11) is 1.32. The van der Waals surface area contributed by atoms with E-state index < -0.39 is 6.04 Å². The van der Waals surface area contributed by atoms with Crippen LogP contribution in [-0.4, -0.2) is 19.0 Å². The van der Waals surface area contributed by atoms with Gasteiger partial charge in [-0.15, -0.1) is 0 Å². The second-order valence-electron chi connectivity index (χ2n) is 3.55. The zero-order chi connectivity index (χ0) is 12.8. The van der Waals surface area contributed by atoms with Gasteiger partial charge < -0.3 is 15.2 Å². The number of hydrogen-bond acceptors (Lipinski definition) is 5. The van der Waals surface area contributed by atoms with E-state index in [0.717, 1.165) is 5.56 Å². The van der Waals surface area contributed by atoms with Crippen molar-refractivity contribution in [3.8, 4) is 5.75 Å². The Morgan fingerprint density at radius 3 is 2.35 bits per heavy atom. The zero-order valence-electron chi connectivity index (χ0n) is 9.80. The lowest BCUT2D eigenvalue weighted by atomic mass is 10.0. The minimum atomic E-state index is -0.422. The van der Waals surface area contributed by atoms with Crippen LogP contribution in [0.25, 0.3) is 0 Å². The third-order valence-electron chi connectivity index (χ3n) is 2.18. The van der Waals surface area contributed by atoms with Gasteiger partial charge in [-0.25, -0.2) is 0 Å². The standard InChI is InChI=1S/C12H15NO4/c1-8(14)17-10-5-3-9(4-6-10)11(13)7-12(15)16-2/h3-6,11H,7,13H2,1-2H3/t11-/m1/s1. The van der Waals surface area contributed by atoms with E-state index in [-0.39, 0.29) is 18.4 Å². The Kier molecular flexibility index (Phi) is 4.66. The maximum absolute atomic E-state index is 11.0. The topological polar surface area (TPSA) is 78.6 Å². The van der Waals surface area contributed by atoms with E-state index in [1.54, 1.807) is 24.3 Å². The Morgan fingerprint density at radius 1 is 1.29 bits per heavy atom. The van der Waals surface area contributed by atoms with Gasteiger partial charge in [0.2, 0.25) is 0 Å². The Morgan fingerprint density at radius 2 is 1.88 bits per heavy atom. The van der Waals surface area contributed by atoms with Crippen LogP contribution in [0.1, 0.15) is 24.9 Å². The van der Waals surface area contributed by atoms with Gasteiger partial charge in [0.1, 0.15) is 5.75 Å². The minimum absolute atomic E-state index is 0.114. The molecule has 0 saturated carbocycles. The molecule has 0 radical (unpaired) electrons. The fraction of sp³-hybridized carbons (Fsp3) is 0.333. The van der Waals surface area contributed by atoms with Crippen LogP contribution >= 0.6 is 0 Å². The van der Waals surface area contributed by atoms with Gasteiger partial charge in [-0.3, -0.25) is 9.59 Å². The summed E-state index contributed by atoms with van der Waals surface area (Å²) in [6, 6.07) is 6.27. The Hall–Kier alpha value is -1.88. The highest BCUT2D eigenvalue weighted by atomic mass is 16.5. The number of rotatable bonds is 4. The van der Waals surface area contributed by atoms with Gasteiger partial charge in [-0.2, -0.15) is 0 Å². The fourth-order valence-corrected chi connectivity index (χ4v) is 1.33. The van der Waals surface area contributed by atoms with E-state index in [4.69, 9.17) is 10.5 Å². The highest BCUT2D eigenvalue weighted by Gasteiger charge is 2.11.